The molecule has 3 rings (SSSR count). The molecular formula is C16H13N3O6S2. The van der Waals surface area contributed by atoms with Crippen LogP contribution in [0.3, 0.4) is 0 Å². The van der Waals surface area contributed by atoms with Crippen molar-refractivity contribution in [2.24, 2.45) is 10.2 Å². The third kappa shape index (κ3) is 4.11. The largest absolute Gasteiger partial charge is 0.398 e. The summed E-state index contributed by atoms with van der Waals surface area (Å²) in [6, 6.07) is 12.2. The Labute approximate surface area is 154 Å². The van der Waals surface area contributed by atoms with Crippen LogP contribution in [-0.2, 0) is 20.2 Å². The molecule has 0 aliphatic carbocycles. The van der Waals surface area contributed by atoms with Gasteiger partial charge in [0.1, 0.15) is 0 Å². The van der Waals surface area contributed by atoms with Gasteiger partial charge in [0, 0.05) is 16.5 Å². The minimum Gasteiger partial charge on any atom is -0.398 e. The standard InChI is InChI=1S/C16H13N3O6S2/c17-15-6-7-16(13-5-4-12(9-14(13)15)27(23,24)25)19-18-10-2-1-3-11(8-10)26(20,21)22/h1-9H,17H2,(H,20,21,22)(H,23,24,25). The Balaban J connectivity index is 2.08. The van der Waals surface area contributed by atoms with Crippen molar-refractivity contribution in [1.29, 1.82) is 0 Å². The Kier molecular flexibility index (Phi) is 4.70. The molecule has 0 saturated carbocycles. The fourth-order valence-electron chi connectivity index (χ4n) is 2.40. The van der Waals surface area contributed by atoms with Crippen LogP contribution in [0.4, 0.5) is 17.1 Å². The fourth-order valence-corrected chi connectivity index (χ4v) is 3.43. The van der Waals surface area contributed by atoms with E-state index in [1.165, 1.54) is 42.5 Å². The van der Waals surface area contributed by atoms with Crippen LogP contribution >= 0.6 is 0 Å². The predicted molar refractivity (Wildman–Crippen MR) is 98.6 cm³/mol. The molecule has 0 bridgehead atoms. The molecule has 0 aliphatic rings. The van der Waals surface area contributed by atoms with Gasteiger partial charge >= 0.3 is 0 Å². The Hall–Kier alpha value is -2.86. The van der Waals surface area contributed by atoms with Crippen molar-refractivity contribution in [1.82, 2.24) is 0 Å². The van der Waals surface area contributed by atoms with Gasteiger partial charge < -0.3 is 5.73 Å². The molecule has 4 N–H and O–H groups in total. The number of hydrogen-bond acceptors (Lipinski definition) is 7. The van der Waals surface area contributed by atoms with E-state index in [0.717, 1.165) is 6.07 Å². The third-order valence-corrected chi connectivity index (χ3v) is 5.38. The summed E-state index contributed by atoms with van der Waals surface area (Å²) in [5, 5.41) is 8.82. The molecule has 27 heavy (non-hydrogen) atoms. The molecule has 0 spiro atoms. The molecule has 0 unspecified atom stereocenters. The summed E-state index contributed by atoms with van der Waals surface area (Å²) in [7, 11) is -8.75. The van der Waals surface area contributed by atoms with Gasteiger partial charge in [-0.05, 0) is 42.5 Å². The van der Waals surface area contributed by atoms with Crippen LogP contribution in [0.2, 0.25) is 0 Å². The quantitative estimate of drug-likeness (QED) is 0.339. The molecule has 0 atom stereocenters. The molecule has 0 saturated heterocycles. The molecule has 11 heteroatoms. The molecule has 0 heterocycles. The highest BCUT2D eigenvalue weighted by Crippen LogP contribution is 2.33. The number of hydrogen-bond donors (Lipinski definition) is 3. The van der Waals surface area contributed by atoms with E-state index in [9.17, 15) is 21.4 Å². The van der Waals surface area contributed by atoms with Gasteiger partial charge in [0.25, 0.3) is 20.2 Å². The molecule has 0 aromatic heterocycles. The monoisotopic (exact) mass is 407 g/mol. The molecule has 9 nitrogen and oxygen atoms in total. The molecule has 3 aromatic rings. The average molecular weight is 407 g/mol. The van der Waals surface area contributed by atoms with Crippen molar-refractivity contribution >= 4 is 48.1 Å². The van der Waals surface area contributed by atoms with Crippen LogP contribution in [-0.4, -0.2) is 25.9 Å². The van der Waals surface area contributed by atoms with E-state index in [2.05, 4.69) is 10.2 Å². The topological polar surface area (TPSA) is 159 Å². The minimum atomic E-state index is -4.39. The highest BCUT2D eigenvalue weighted by Gasteiger charge is 2.13. The predicted octanol–water partition coefficient (Wildman–Crippen LogP) is 3.33. The first-order valence-electron chi connectivity index (χ1n) is 7.35. The highest BCUT2D eigenvalue weighted by atomic mass is 32.2. The van der Waals surface area contributed by atoms with Crippen molar-refractivity contribution in [3.63, 3.8) is 0 Å². The second-order valence-corrected chi connectivity index (χ2v) is 8.37. The Morgan fingerprint density at radius 3 is 2.07 bits per heavy atom. The Morgan fingerprint density at radius 1 is 0.741 bits per heavy atom. The number of nitrogens with two attached hydrogens (primary N) is 1. The number of azo groups is 1. The van der Waals surface area contributed by atoms with Gasteiger partial charge in [-0.1, -0.05) is 12.1 Å². The van der Waals surface area contributed by atoms with Gasteiger partial charge in [0.05, 0.1) is 21.2 Å². The zero-order valence-corrected chi connectivity index (χ0v) is 15.1. The molecular weight excluding hydrogens is 394 g/mol. The van der Waals surface area contributed by atoms with Crippen molar-refractivity contribution < 1.29 is 25.9 Å². The second kappa shape index (κ2) is 6.70. The van der Waals surface area contributed by atoms with E-state index in [1.807, 2.05) is 0 Å². The molecule has 3 aromatic carbocycles. The zero-order chi connectivity index (χ0) is 19.8. The van der Waals surface area contributed by atoms with Crippen molar-refractivity contribution in [3.05, 3.63) is 54.6 Å². The number of benzene rings is 3. The summed E-state index contributed by atoms with van der Waals surface area (Å²) in [4.78, 5) is -0.629. The number of fused-ring (bicyclic) bond motifs is 1. The molecule has 0 fully saturated rings. The summed E-state index contributed by atoms with van der Waals surface area (Å²) < 4.78 is 63.2. The first-order valence-corrected chi connectivity index (χ1v) is 10.2. The molecule has 0 radical (unpaired) electrons. The zero-order valence-electron chi connectivity index (χ0n) is 13.5. The Bertz CT molecular complexity index is 1280. The number of rotatable bonds is 4. The molecule has 0 amide bonds. The number of nitrogen functional groups attached to an aromatic ring is 1. The van der Waals surface area contributed by atoms with E-state index < -0.39 is 20.2 Å². The van der Waals surface area contributed by atoms with Crippen molar-refractivity contribution in [2.75, 3.05) is 5.73 Å². The lowest BCUT2D eigenvalue weighted by molar-refractivity contribution is 0.481. The highest BCUT2D eigenvalue weighted by molar-refractivity contribution is 7.86. The lowest BCUT2D eigenvalue weighted by atomic mass is 10.1. The van der Waals surface area contributed by atoms with Crippen LogP contribution in [0.5, 0.6) is 0 Å². The summed E-state index contributed by atoms with van der Waals surface area (Å²) in [6.07, 6.45) is 0. The summed E-state index contributed by atoms with van der Waals surface area (Å²) in [5.41, 5.74) is 6.68. The van der Waals surface area contributed by atoms with Crippen LogP contribution in [0, 0.1) is 0 Å². The van der Waals surface area contributed by atoms with Gasteiger partial charge in [-0.15, -0.1) is 5.11 Å². The van der Waals surface area contributed by atoms with Crippen LogP contribution in [0.1, 0.15) is 0 Å². The van der Waals surface area contributed by atoms with Crippen LogP contribution in [0.15, 0.2) is 74.6 Å². The van der Waals surface area contributed by atoms with E-state index in [4.69, 9.17) is 10.3 Å². The molecule has 0 aliphatic heterocycles. The van der Waals surface area contributed by atoms with Crippen molar-refractivity contribution in [3.8, 4) is 0 Å². The lowest BCUT2D eigenvalue weighted by Crippen LogP contribution is -1.98. The average Bonchev–Trinajstić information content (AvgIpc) is 2.60. The van der Waals surface area contributed by atoms with Gasteiger partial charge in [-0.25, -0.2) is 0 Å². The Morgan fingerprint density at radius 2 is 1.41 bits per heavy atom. The maximum atomic E-state index is 11.3. The van der Waals surface area contributed by atoms with E-state index in [1.54, 1.807) is 6.07 Å². The maximum absolute atomic E-state index is 11.3. The maximum Gasteiger partial charge on any atom is 0.294 e. The summed E-state index contributed by atoms with van der Waals surface area (Å²) in [6.45, 7) is 0. The van der Waals surface area contributed by atoms with E-state index in [-0.39, 0.29) is 21.2 Å². The lowest BCUT2D eigenvalue weighted by Gasteiger charge is -2.06. The normalized spacial score (nSPS) is 12.7. The smallest absolute Gasteiger partial charge is 0.294 e. The SMILES string of the molecule is Nc1ccc(N=Nc2cccc(S(=O)(=O)O)c2)c2ccc(S(=O)(=O)O)cc12. The van der Waals surface area contributed by atoms with Crippen LogP contribution in [0.25, 0.3) is 10.8 Å². The summed E-state index contributed by atoms with van der Waals surface area (Å²) in [5.74, 6) is 0. The van der Waals surface area contributed by atoms with Gasteiger partial charge in [-0.2, -0.15) is 21.9 Å². The van der Waals surface area contributed by atoms with Crippen LogP contribution < -0.4 is 5.73 Å². The summed E-state index contributed by atoms with van der Waals surface area (Å²) >= 11 is 0. The van der Waals surface area contributed by atoms with Gasteiger partial charge in [-0.3, -0.25) is 9.11 Å². The third-order valence-electron chi connectivity index (χ3n) is 3.69. The fraction of sp³-hybridized carbons (Fsp3) is 0. The second-order valence-electron chi connectivity index (χ2n) is 5.53. The molecule has 140 valence electrons. The number of nitrogens with zero attached hydrogens (tertiary/aromatic N) is 2. The van der Waals surface area contributed by atoms with Crippen molar-refractivity contribution in [2.45, 2.75) is 9.79 Å². The first kappa shape index (κ1) is 18.9. The minimum absolute atomic E-state index is 0.185. The van der Waals surface area contributed by atoms with Gasteiger partial charge in [0.15, 0.2) is 0 Å². The van der Waals surface area contributed by atoms with E-state index in [0.29, 0.717) is 16.5 Å². The van der Waals surface area contributed by atoms with E-state index >= 15 is 0 Å². The number of anilines is 1. The van der Waals surface area contributed by atoms with Gasteiger partial charge in [0.2, 0.25) is 0 Å². The first-order chi connectivity index (χ1) is 12.6.